The molecule has 0 radical (unpaired) electrons. The number of allylic oxidation sites excluding steroid dienone is 2. The van der Waals surface area contributed by atoms with Gasteiger partial charge in [0.2, 0.25) is 0 Å². The lowest BCUT2D eigenvalue weighted by Gasteiger charge is -2.36. The molecule has 0 aromatic heterocycles. The highest BCUT2D eigenvalue weighted by atomic mass is 15.2. The van der Waals surface area contributed by atoms with Gasteiger partial charge in [0.15, 0.2) is 0 Å². The average Bonchev–Trinajstić information content (AvgIpc) is 2.57. The number of nitrogens with one attached hydrogen (secondary N) is 3. The van der Waals surface area contributed by atoms with E-state index in [1.54, 1.807) is 0 Å². The first-order chi connectivity index (χ1) is 10.9. The fourth-order valence-electron chi connectivity index (χ4n) is 3.89. The van der Waals surface area contributed by atoms with Gasteiger partial charge in [-0.05, 0) is 51.0 Å². The van der Waals surface area contributed by atoms with Gasteiger partial charge in [0.05, 0.1) is 6.04 Å². The maximum absolute atomic E-state index is 3.71. The van der Waals surface area contributed by atoms with E-state index < -0.39 is 0 Å². The minimum Gasteiger partial charge on any atom is -0.383 e. The van der Waals surface area contributed by atoms with Crippen LogP contribution in [-0.2, 0) is 0 Å². The Morgan fingerprint density at radius 1 is 0.818 bits per heavy atom. The molecule has 3 unspecified atom stereocenters. The number of nitrogens with zero attached hydrogens (tertiary/aromatic N) is 1. The molecule has 0 aromatic rings. The van der Waals surface area contributed by atoms with E-state index in [9.17, 15) is 0 Å². The molecular weight excluding hydrogens is 272 g/mol. The summed E-state index contributed by atoms with van der Waals surface area (Å²) in [6.07, 6.45) is 16.7. The molecule has 0 amide bonds. The average molecular weight is 304 g/mol. The van der Waals surface area contributed by atoms with Crippen LogP contribution in [0.15, 0.2) is 24.4 Å². The summed E-state index contributed by atoms with van der Waals surface area (Å²) in [5.41, 5.74) is 0. The third-order valence-electron chi connectivity index (χ3n) is 5.10. The molecule has 2 saturated heterocycles. The summed E-state index contributed by atoms with van der Waals surface area (Å²) in [6, 6.07) is 1.82. The van der Waals surface area contributed by atoms with Gasteiger partial charge in [0.1, 0.15) is 0 Å². The molecular formula is C18H32N4. The fourth-order valence-corrected chi connectivity index (χ4v) is 3.89. The predicted molar refractivity (Wildman–Crippen MR) is 92.9 cm³/mol. The lowest BCUT2D eigenvalue weighted by molar-refractivity contribution is 0.186. The van der Waals surface area contributed by atoms with Crippen LogP contribution < -0.4 is 16.0 Å². The van der Waals surface area contributed by atoms with Crippen LogP contribution in [-0.4, -0.2) is 55.7 Å². The number of piperidine rings is 2. The molecule has 0 spiro atoms. The second kappa shape index (κ2) is 8.70. The van der Waals surface area contributed by atoms with Crippen molar-refractivity contribution in [1.82, 2.24) is 20.9 Å². The summed E-state index contributed by atoms with van der Waals surface area (Å²) in [6.45, 7) is 5.88. The Balaban J connectivity index is 1.53. The fraction of sp³-hybridized carbons (Fsp3) is 0.778. The van der Waals surface area contributed by atoms with Crippen molar-refractivity contribution in [2.45, 2.75) is 56.7 Å². The molecule has 3 rings (SSSR count). The summed E-state index contributed by atoms with van der Waals surface area (Å²) >= 11 is 0. The molecule has 4 nitrogen and oxygen atoms in total. The van der Waals surface area contributed by atoms with Crippen LogP contribution in [0.4, 0.5) is 0 Å². The monoisotopic (exact) mass is 304 g/mol. The van der Waals surface area contributed by atoms with E-state index in [4.69, 9.17) is 0 Å². The second-order valence-corrected chi connectivity index (χ2v) is 7.03. The lowest BCUT2D eigenvalue weighted by atomic mass is 10.0. The maximum Gasteiger partial charge on any atom is 0.0569 e. The van der Waals surface area contributed by atoms with E-state index in [1.807, 2.05) is 0 Å². The Morgan fingerprint density at radius 2 is 1.50 bits per heavy atom. The molecule has 0 aromatic carbocycles. The van der Waals surface area contributed by atoms with Crippen molar-refractivity contribution in [2.75, 3.05) is 32.7 Å². The Hall–Kier alpha value is -0.840. The van der Waals surface area contributed by atoms with Gasteiger partial charge in [-0.25, -0.2) is 0 Å². The zero-order valence-electron chi connectivity index (χ0n) is 13.8. The molecule has 0 aliphatic carbocycles. The van der Waals surface area contributed by atoms with Crippen molar-refractivity contribution in [2.24, 2.45) is 0 Å². The van der Waals surface area contributed by atoms with E-state index >= 15 is 0 Å². The Bertz CT molecular complexity index is 347. The molecule has 3 aliphatic heterocycles. The number of dihydropyridines is 1. The highest BCUT2D eigenvalue weighted by Crippen LogP contribution is 2.13. The summed E-state index contributed by atoms with van der Waals surface area (Å²) in [7, 11) is 0. The van der Waals surface area contributed by atoms with E-state index in [-0.39, 0.29) is 0 Å². The molecule has 3 heterocycles. The first-order valence-corrected chi connectivity index (χ1v) is 9.19. The molecule has 0 saturated carbocycles. The van der Waals surface area contributed by atoms with E-state index in [2.05, 4.69) is 45.3 Å². The van der Waals surface area contributed by atoms with Crippen molar-refractivity contribution in [3.05, 3.63) is 24.4 Å². The first kappa shape index (κ1) is 16.0. The first-order valence-electron chi connectivity index (χ1n) is 9.19. The van der Waals surface area contributed by atoms with E-state index in [0.717, 1.165) is 6.54 Å². The van der Waals surface area contributed by atoms with Crippen LogP contribution in [0, 0.1) is 0 Å². The molecule has 4 heteroatoms. The van der Waals surface area contributed by atoms with Gasteiger partial charge >= 0.3 is 0 Å². The summed E-state index contributed by atoms with van der Waals surface area (Å²) in [4.78, 5) is 2.67. The molecule has 2 fully saturated rings. The number of hydrogen-bond acceptors (Lipinski definition) is 4. The number of hydrogen-bond donors (Lipinski definition) is 3. The molecule has 3 atom stereocenters. The normalized spacial score (nSPS) is 32.1. The Labute approximate surface area is 135 Å². The smallest absolute Gasteiger partial charge is 0.0569 e. The quantitative estimate of drug-likeness (QED) is 0.697. The SMILES string of the molecule is C1=CNC(CN(CC2CCCCN2)CC2CCCCN2)C=C1. The van der Waals surface area contributed by atoms with Gasteiger partial charge in [-0.1, -0.05) is 25.0 Å². The molecule has 22 heavy (non-hydrogen) atoms. The zero-order valence-corrected chi connectivity index (χ0v) is 13.8. The Morgan fingerprint density at radius 3 is 2.00 bits per heavy atom. The summed E-state index contributed by atoms with van der Waals surface area (Å²) < 4.78 is 0. The standard InChI is InChI=1S/C18H32N4/c1-4-10-19-16(7-1)13-22(14-17-8-2-5-11-20-17)15-18-9-3-6-12-21-18/h1,4,7,10,16-21H,2-3,5-6,8-9,11-15H2. The van der Waals surface area contributed by atoms with Gasteiger partial charge in [-0.15, -0.1) is 0 Å². The van der Waals surface area contributed by atoms with Crippen LogP contribution >= 0.6 is 0 Å². The van der Waals surface area contributed by atoms with Crippen molar-refractivity contribution >= 4 is 0 Å². The van der Waals surface area contributed by atoms with Crippen LogP contribution in [0.1, 0.15) is 38.5 Å². The van der Waals surface area contributed by atoms with Gasteiger partial charge in [-0.2, -0.15) is 0 Å². The third-order valence-corrected chi connectivity index (χ3v) is 5.10. The molecule has 3 N–H and O–H groups in total. The van der Waals surface area contributed by atoms with Gasteiger partial charge in [-0.3, -0.25) is 4.90 Å². The second-order valence-electron chi connectivity index (χ2n) is 7.03. The van der Waals surface area contributed by atoms with Crippen molar-refractivity contribution < 1.29 is 0 Å². The number of rotatable bonds is 6. The van der Waals surface area contributed by atoms with Crippen LogP contribution in [0.5, 0.6) is 0 Å². The van der Waals surface area contributed by atoms with Crippen molar-refractivity contribution in [3.8, 4) is 0 Å². The minimum atomic E-state index is 0.456. The Kier molecular flexibility index (Phi) is 6.34. The van der Waals surface area contributed by atoms with E-state index in [1.165, 1.54) is 64.7 Å². The van der Waals surface area contributed by atoms with Crippen LogP contribution in [0.2, 0.25) is 0 Å². The summed E-state index contributed by atoms with van der Waals surface area (Å²) in [5, 5.41) is 10.9. The molecule has 0 bridgehead atoms. The highest BCUT2D eigenvalue weighted by molar-refractivity contribution is 5.12. The van der Waals surface area contributed by atoms with Gasteiger partial charge < -0.3 is 16.0 Å². The van der Waals surface area contributed by atoms with Crippen LogP contribution in [0.25, 0.3) is 0 Å². The topological polar surface area (TPSA) is 39.3 Å². The zero-order chi connectivity index (χ0) is 15.0. The van der Waals surface area contributed by atoms with Crippen molar-refractivity contribution in [3.63, 3.8) is 0 Å². The highest BCUT2D eigenvalue weighted by Gasteiger charge is 2.22. The predicted octanol–water partition coefficient (Wildman–Crippen LogP) is 1.61. The van der Waals surface area contributed by atoms with E-state index in [0.29, 0.717) is 18.1 Å². The van der Waals surface area contributed by atoms with Gasteiger partial charge in [0.25, 0.3) is 0 Å². The molecule has 3 aliphatic rings. The minimum absolute atomic E-state index is 0.456. The summed E-state index contributed by atoms with van der Waals surface area (Å²) in [5.74, 6) is 0. The van der Waals surface area contributed by atoms with Crippen LogP contribution in [0.3, 0.4) is 0 Å². The van der Waals surface area contributed by atoms with Gasteiger partial charge in [0, 0.05) is 31.7 Å². The molecule has 124 valence electrons. The third kappa shape index (κ3) is 5.11. The van der Waals surface area contributed by atoms with Crippen molar-refractivity contribution in [1.29, 1.82) is 0 Å². The largest absolute Gasteiger partial charge is 0.383 e. The maximum atomic E-state index is 3.71. The lowest BCUT2D eigenvalue weighted by Crippen LogP contribution is -2.52.